The van der Waals surface area contributed by atoms with Gasteiger partial charge in [0.25, 0.3) is 5.91 Å². The van der Waals surface area contributed by atoms with Crippen LogP contribution in [0.5, 0.6) is 0 Å². The van der Waals surface area contributed by atoms with E-state index < -0.39 is 0 Å². The first-order chi connectivity index (χ1) is 6.19. The molecule has 13 heavy (non-hydrogen) atoms. The third-order valence-corrected chi connectivity index (χ3v) is 1.85. The van der Waals surface area contributed by atoms with Crippen molar-refractivity contribution in [3.05, 3.63) is 12.2 Å². The Morgan fingerprint density at radius 2 is 2.38 bits per heavy atom. The normalized spacial score (nSPS) is 10.9. The number of hydrogen-bond acceptors (Lipinski definition) is 5. The SMILES string of the molecule is C/C=C/C(=O)n1nc(SC)nc1N. The minimum absolute atomic E-state index is 0.118. The average molecular weight is 198 g/mol. The minimum atomic E-state index is -0.284. The topological polar surface area (TPSA) is 73.8 Å². The van der Waals surface area contributed by atoms with Crippen LogP contribution < -0.4 is 5.73 Å². The van der Waals surface area contributed by atoms with Crippen LogP contribution in [-0.2, 0) is 0 Å². The molecule has 0 radical (unpaired) electrons. The first kappa shape index (κ1) is 9.79. The predicted octanol–water partition coefficient (Wildman–Crippen LogP) is 0.798. The first-order valence-electron chi connectivity index (χ1n) is 3.62. The summed E-state index contributed by atoms with van der Waals surface area (Å²) < 4.78 is 1.08. The van der Waals surface area contributed by atoms with E-state index in [0.717, 1.165) is 4.68 Å². The fourth-order valence-electron chi connectivity index (χ4n) is 0.766. The molecule has 1 rings (SSSR count). The summed E-state index contributed by atoms with van der Waals surface area (Å²) in [6, 6.07) is 0. The summed E-state index contributed by atoms with van der Waals surface area (Å²) in [5.74, 6) is -0.166. The molecule has 1 aromatic heterocycles. The quantitative estimate of drug-likeness (QED) is 0.562. The second kappa shape index (κ2) is 4.08. The fourth-order valence-corrected chi connectivity index (χ4v) is 1.11. The highest BCUT2D eigenvalue weighted by Gasteiger charge is 2.09. The zero-order valence-corrected chi connectivity index (χ0v) is 8.21. The Bertz CT molecular complexity index is 344. The monoisotopic (exact) mass is 198 g/mol. The van der Waals surface area contributed by atoms with Gasteiger partial charge in [-0.25, -0.2) is 0 Å². The maximum atomic E-state index is 11.3. The summed E-state index contributed by atoms with van der Waals surface area (Å²) in [6.45, 7) is 1.75. The average Bonchev–Trinajstić information content (AvgIpc) is 2.47. The van der Waals surface area contributed by atoms with Crippen LogP contribution in [0.15, 0.2) is 17.3 Å². The Hall–Kier alpha value is -1.30. The van der Waals surface area contributed by atoms with Crippen LogP contribution >= 0.6 is 11.8 Å². The molecule has 0 aliphatic heterocycles. The van der Waals surface area contributed by atoms with E-state index in [9.17, 15) is 4.79 Å². The highest BCUT2D eigenvalue weighted by atomic mass is 32.2. The number of rotatable bonds is 2. The maximum absolute atomic E-state index is 11.3. The van der Waals surface area contributed by atoms with Crippen molar-refractivity contribution < 1.29 is 4.79 Å². The molecule has 0 aliphatic rings. The van der Waals surface area contributed by atoms with Crippen molar-refractivity contribution in [1.82, 2.24) is 14.8 Å². The Labute approximate surface area is 80.0 Å². The summed E-state index contributed by atoms with van der Waals surface area (Å²) in [5, 5.41) is 4.39. The zero-order chi connectivity index (χ0) is 9.84. The molecule has 1 heterocycles. The maximum Gasteiger partial charge on any atom is 0.273 e. The van der Waals surface area contributed by atoms with Crippen molar-refractivity contribution in [1.29, 1.82) is 0 Å². The number of carbonyl (C=O) groups excluding carboxylic acids is 1. The minimum Gasteiger partial charge on any atom is -0.368 e. The number of nitrogen functional groups attached to an aromatic ring is 1. The van der Waals surface area contributed by atoms with Crippen molar-refractivity contribution in [2.45, 2.75) is 12.1 Å². The molecule has 2 N–H and O–H groups in total. The van der Waals surface area contributed by atoms with E-state index in [2.05, 4.69) is 10.1 Å². The molecule has 0 bridgehead atoms. The van der Waals surface area contributed by atoms with Crippen molar-refractivity contribution >= 4 is 23.6 Å². The molecule has 0 saturated heterocycles. The van der Waals surface area contributed by atoms with Crippen LogP contribution in [0.3, 0.4) is 0 Å². The smallest absolute Gasteiger partial charge is 0.273 e. The van der Waals surface area contributed by atoms with E-state index in [1.807, 2.05) is 6.26 Å². The Morgan fingerprint density at radius 1 is 1.69 bits per heavy atom. The number of nitrogens with two attached hydrogens (primary N) is 1. The lowest BCUT2D eigenvalue weighted by Crippen LogP contribution is -2.12. The number of nitrogens with zero attached hydrogens (tertiary/aromatic N) is 3. The molecule has 0 aliphatic carbocycles. The highest BCUT2D eigenvalue weighted by molar-refractivity contribution is 7.98. The van der Waals surface area contributed by atoms with Gasteiger partial charge in [-0.15, -0.1) is 5.10 Å². The van der Waals surface area contributed by atoms with E-state index in [1.54, 1.807) is 13.0 Å². The van der Waals surface area contributed by atoms with Gasteiger partial charge in [0.05, 0.1) is 0 Å². The second-order valence-corrected chi connectivity index (χ2v) is 2.98. The van der Waals surface area contributed by atoms with Gasteiger partial charge in [-0.1, -0.05) is 17.8 Å². The molecule has 70 valence electrons. The highest BCUT2D eigenvalue weighted by Crippen LogP contribution is 2.10. The molecule has 0 fully saturated rings. The number of allylic oxidation sites excluding steroid dienone is 2. The lowest BCUT2D eigenvalue weighted by Gasteiger charge is -1.93. The Morgan fingerprint density at radius 3 is 2.85 bits per heavy atom. The molecule has 1 aromatic rings. The molecule has 0 unspecified atom stereocenters. The van der Waals surface area contributed by atoms with E-state index >= 15 is 0 Å². The lowest BCUT2D eigenvalue weighted by atomic mass is 10.5. The Balaban J connectivity index is 3.00. The van der Waals surface area contributed by atoms with Crippen LogP contribution in [0.2, 0.25) is 0 Å². The molecule has 0 atom stereocenters. The van der Waals surface area contributed by atoms with Crippen molar-refractivity contribution in [3.8, 4) is 0 Å². The molecular formula is C7H10N4OS. The van der Waals surface area contributed by atoms with E-state index in [0.29, 0.717) is 5.16 Å². The van der Waals surface area contributed by atoms with E-state index in [4.69, 9.17) is 5.73 Å². The number of aromatic nitrogens is 3. The fraction of sp³-hybridized carbons (Fsp3) is 0.286. The lowest BCUT2D eigenvalue weighted by molar-refractivity contribution is 0.0955. The number of anilines is 1. The molecule has 0 aromatic carbocycles. The Kier molecular flexibility index (Phi) is 3.07. The molecule has 0 spiro atoms. The van der Waals surface area contributed by atoms with Gasteiger partial charge in [0.2, 0.25) is 11.1 Å². The van der Waals surface area contributed by atoms with Gasteiger partial charge < -0.3 is 5.73 Å². The zero-order valence-electron chi connectivity index (χ0n) is 7.39. The van der Waals surface area contributed by atoms with Gasteiger partial charge in [-0.05, 0) is 13.2 Å². The number of thioether (sulfide) groups is 1. The first-order valence-corrected chi connectivity index (χ1v) is 4.85. The molecular weight excluding hydrogens is 188 g/mol. The van der Waals surface area contributed by atoms with Gasteiger partial charge in [0.1, 0.15) is 0 Å². The van der Waals surface area contributed by atoms with Crippen LogP contribution in [-0.4, -0.2) is 26.9 Å². The van der Waals surface area contributed by atoms with E-state index in [-0.39, 0.29) is 11.9 Å². The molecule has 6 heteroatoms. The van der Waals surface area contributed by atoms with Gasteiger partial charge in [-0.3, -0.25) is 4.79 Å². The van der Waals surface area contributed by atoms with Crippen LogP contribution in [0, 0.1) is 0 Å². The van der Waals surface area contributed by atoms with Gasteiger partial charge in [0, 0.05) is 6.08 Å². The van der Waals surface area contributed by atoms with Gasteiger partial charge in [0.15, 0.2) is 0 Å². The summed E-state index contributed by atoms with van der Waals surface area (Å²) in [7, 11) is 0. The second-order valence-electron chi connectivity index (χ2n) is 2.21. The van der Waals surface area contributed by atoms with Crippen molar-refractivity contribution in [2.75, 3.05) is 12.0 Å². The van der Waals surface area contributed by atoms with E-state index in [1.165, 1.54) is 17.8 Å². The van der Waals surface area contributed by atoms with Crippen LogP contribution in [0.1, 0.15) is 11.7 Å². The predicted molar refractivity (Wildman–Crippen MR) is 51.7 cm³/mol. The summed E-state index contributed by atoms with van der Waals surface area (Å²) in [5.41, 5.74) is 5.47. The van der Waals surface area contributed by atoms with Crippen molar-refractivity contribution in [2.24, 2.45) is 0 Å². The summed E-state index contributed by atoms with van der Waals surface area (Å²) in [4.78, 5) is 15.1. The van der Waals surface area contributed by atoms with Gasteiger partial charge in [-0.2, -0.15) is 9.67 Å². The number of carbonyl (C=O) groups is 1. The third-order valence-electron chi connectivity index (χ3n) is 1.31. The summed E-state index contributed by atoms with van der Waals surface area (Å²) >= 11 is 1.34. The molecule has 0 amide bonds. The van der Waals surface area contributed by atoms with Gasteiger partial charge >= 0.3 is 0 Å². The van der Waals surface area contributed by atoms with Crippen molar-refractivity contribution in [3.63, 3.8) is 0 Å². The van der Waals surface area contributed by atoms with Crippen LogP contribution in [0.25, 0.3) is 0 Å². The number of hydrogen-bond donors (Lipinski definition) is 1. The largest absolute Gasteiger partial charge is 0.368 e. The summed E-state index contributed by atoms with van der Waals surface area (Å²) in [6.07, 6.45) is 4.83. The standard InChI is InChI=1S/C7H10N4OS/c1-3-4-5(12)11-6(8)9-7(10-11)13-2/h3-4H,1-2H3,(H2,8,9,10)/b4-3+. The molecule has 5 nitrogen and oxygen atoms in total. The molecule has 0 saturated carbocycles. The van der Waals surface area contributed by atoms with Crippen LogP contribution in [0.4, 0.5) is 5.95 Å². The third kappa shape index (κ3) is 2.09.